The summed E-state index contributed by atoms with van der Waals surface area (Å²) in [7, 11) is 0. The molecule has 0 spiro atoms. The van der Waals surface area contributed by atoms with Crippen molar-refractivity contribution in [3.63, 3.8) is 0 Å². The molecule has 0 saturated heterocycles. The van der Waals surface area contributed by atoms with Gasteiger partial charge in [0, 0.05) is 25.0 Å². The first-order valence-electron chi connectivity index (χ1n) is 7.17. The van der Waals surface area contributed by atoms with E-state index in [0.29, 0.717) is 18.5 Å². The number of aromatic nitrogens is 1. The highest BCUT2D eigenvalue weighted by molar-refractivity contribution is 5.93. The van der Waals surface area contributed by atoms with Crippen LogP contribution < -0.4 is 10.6 Å². The van der Waals surface area contributed by atoms with Crippen molar-refractivity contribution in [3.05, 3.63) is 30.1 Å². The van der Waals surface area contributed by atoms with E-state index < -0.39 is 12.0 Å². The summed E-state index contributed by atoms with van der Waals surface area (Å²) < 4.78 is 0. The summed E-state index contributed by atoms with van der Waals surface area (Å²) in [5.74, 6) is -0.985. The quantitative estimate of drug-likeness (QED) is 0.599. The number of rotatable bonds is 9. The second kappa shape index (κ2) is 9.07. The third-order valence-electron chi connectivity index (χ3n) is 2.96. The average Bonchev–Trinajstić information content (AvgIpc) is 2.45. The summed E-state index contributed by atoms with van der Waals surface area (Å²) in [6, 6.07) is 3.02. The smallest absolute Gasteiger partial charge is 0.320 e. The summed E-state index contributed by atoms with van der Waals surface area (Å²) in [4.78, 5) is 26.7. The Morgan fingerprint density at radius 3 is 2.67 bits per heavy atom. The number of pyridine rings is 1. The standard InChI is InChI=1S/C15H23N3O3/c1-11(2)18-13(15(20)21)7-3-4-9-17-14(19)12-6-5-8-16-10-12/h5-6,8,10-11,13,18H,3-4,7,9H2,1-2H3,(H,17,19)(H,20,21)/t13-/m0/s1. The number of nitrogens with one attached hydrogen (secondary N) is 2. The summed E-state index contributed by atoms with van der Waals surface area (Å²) >= 11 is 0. The molecule has 3 N–H and O–H groups in total. The Balaban J connectivity index is 2.22. The Labute approximate surface area is 125 Å². The number of amides is 1. The first-order valence-corrected chi connectivity index (χ1v) is 7.17. The molecule has 1 heterocycles. The Bertz CT molecular complexity index is 449. The maximum atomic E-state index is 11.7. The van der Waals surface area contributed by atoms with Gasteiger partial charge in [0.15, 0.2) is 0 Å². The van der Waals surface area contributed by atoms with Gasteiger partial charge in [0.2, 0.25) is 0 Å². The number of carboxylic acid groups (broad SMARTS) is 1. The van der Waals surface area contributed by atoms with E-state index >= 15 is 0 Å². The van der Waals surface area contributed by atoms with Crippen LogP contribution in [0.4, 0.5) is 0 Å². The predicted octanol–water partition coefficient (Wildman–Crippen LogP) is 1.43. The van der Waals surface area contributed by atoms with Crippen LogP contribution >= 0.6 is 0 Å². The average molecular weight is 293 g/mol. The highest BCUT2D eigenvalue weighted by atomic mass is 16.4. The summed E-state index contributed by atoms with van der Waals surface area (Å²) in [5.41, 5.74) is 0.530. The van der Waals surface area contributed by atoms with Gasteiger partial charge in [0.1, 0.15) is 6.04 Å². The molecule has 1 aromatic rings. The molecule has 0 bridgehead atoms. The fraction of sp³-hybridized carbons (Fsp3) is 0.533. The number of hydrogen-bond donors (Lipinski definition) is 3. The third kappa shape index (κ3) is 6.85. The molecule has 0 aliphatic heterocycles. The van der Waals surface area contributed by atoms with Crippen molar-refractivity contribution >= 4 is 11.9 Å². The van der Waals surface area contributed by atoms with Crippen LogP contribution in [0, 0.1) is 0 Å². The molecule has 0 fully saturated rings. The van der Waals surface area contributed by atoms with Gasteiger partial charge in [-0.2, -0.15) is 0 Å². The molecule has 116 valence electrons. The minimum atomic E-state index is -0.830. The number of nitrogens with zero attached hydrogens (tertiary/aromatic N) is 1. The van der Waals surface area contributed by atoms with Gasteiger partial charge in [-0.05, 0) is 31.4 Å². The highest BCUT2D eigenvalue weighted by Crippen LogP contribution is 2.03. The van der Waals surface area contributed by atoms with Crippen LogP contribution in [0.3, 0.4) is 0 Å². The summed E-state index contributed by atoms with van der Waals surface area (Å²) in [6.45, 7) is 4.37. The molecule has 0 radical (unpaired) electrons. The molecule has 0 aliphatic carbocycles. The van der Waals surface area contributed by atoms with E-state index in [2.05, 4.69) is 15.6 Å². The van der Waals surface area contributed by atoms with Crippen LogP contribution in [-0.4, -0.2) is 40.6 Å². The first kappa shape index (κ1) is 17.1. The lowest BCUT2D eigenvalue weighted by Crippen LogP contribution is -2.40. The fourth-order valence-electron chi connectivity index (χ4n) is 1.95. The van der Waals surface area contributed by atoms with Crippen molar-refractivity contribution < 1.29 is 14.7 Å². The van der Waals surface area contributed by atoms with Gasteiger partial charge in [-0.3, -0.25) is 14.6 Å². The number of carbonyl (C=O) groups excluding carboxylic acids is 1. The predicted molar refractivity (Wildman–Crippen MR) is 80.1 cm³/mol. The Morgan fingerprint density at radius 1 is 1.33 bits per heavy atom. The van der Waals surface area contributed by atoms with E-state index in [1.165, 1.54) is 6.20 Å². The Kier molecular flexibility index (Phi) is 7.39. The lowest BCUT2D eigenvalue weighted by molar-refractivity contribution is -0.139. The maximum Gasteiger partial charge on any atom is 0.320 e. The topological polar surface area (TPSA) is 91.3 Å². The molecule has 0 saturated carbocycles. The minimum absolute atomic E-state index is 0.136. The molecule has 6 nitrogen and oxygen atoms in total. The summed E-state index contributed by atoms with van der Waals surface area (Å²) in [6.07, 6.45) is 5.17. The van der Waals surface area contributed by atoms with Crippen LogP contribution in [-0.2, 0) is 4.79 Å². The van der Waals surface area contributed by atoms with Crippen molar-refractivity contribution in [1.29, 1.82) is 0 Å². The van der Waals surface area contributed by atoms with Gasteiger partial charge < -0.3 is 15.7 Å². The van der Waals surface area contributed by atoms with E-state index in [1.807, 2.05) is 13.8 Å². The molecule has 21 heavy (non-hydrogen) atoms. The zero-order valence-electron chi connectivity index (χ0n) is 12.5. The molecule has 1 rings (SSSR count). The Morgan fingerprint density at radius 2 is 2.10 bits per heavy atom. The molecule has 0 aliphatic rings. The van der Waals surface area contributed by atoms with Gasteiger partial charge in [-0.25, -0.2) is 0 Å². The van der Waals surface area contributed by atoms with Crippen molar-refractivity contribution in [2.75, 3.05) is 6.54 Å². The highest BCUT2D eigenvalue weighted by Gasteiger charge is 2.17. The molecule has 0 aromatic carbocycles. The first-order chi connectivity index (χ1) is 10.0. The monoisotopic (exact) mass is 293 g/mol. The van der Waals surface area contributed by atoms with Crippen molar-refractivity contribution in [3.8, 4) is 0 Å². The lowest BCUT2D eigenvalue weighted by Gasteiger charge is -2.17. The number of carbonyl (C=O) groups is 2. The zero-order valence-corrected chi connectivity index (χ0v) is 12.5. The SMILES string of the molecule is CC(C)N[C@@H](CCCCNC(=O)c1cccnc1)C(=O)O. The van der Waals surface area contributed by atoms with Crippen molar-refractivity contribution in [2.24, 2.45) is 0 Å². The molecule has 0 unspecified atom stereocenters. The van der Waals surface area contributed by atoms with Gasteiger partial charge in [-0.15, -0.1) is 0 Å². The van der Waals surface area contributed by atoms with Gasteiger partial charge in [-0.1, -0.05) is 13.8 Å². The molecule has 6 heteroatoms. The number of hydrogen-bond acceptors (Lipinski definition) is 4. The second-order valence-electron chi connectivity index (χ2n) is 5.21. The number of unbranched alkanes of at least 4 members (excludes halogenated alkanes) is 1. The van der Waals surface area contributed by atoms with E-state index in [9.17, 15) is 9.59 Å². The van der Waals surface area contributed by atoms with E-state index in [4.69, 9.17) is 5.11 Å². The lowest BCUT2D eigenvalue weighted by atomic mass is 10.1. The minimum Gasteiger partial charge on any atom is -0.480 e. The molecule has 1 amide bonds. The zero-order chi connectivity index (χ0) is 15.7. The second-order valence-corrected chi connectivity index (χ2v) is 5.21. The van der Waals surface area contributed by atoms with Gasteiger partial charge in [0.05, 0.1) is 5.56 Å². The molecule has 1 atom stereocenters. The van der Waals surface area contributed by atoms with Crippen molar-refractivity contribution in [1.82, 2.24) is 15.6 Å². The van der Waals surface area contributed by atoms with Gasteiger partial charge in [0.25, 0.3) is 5.91 Å². The van der Waals surface area contributed by atoms with Gasteiger partial charge >= 0.3 is 5.97 Å². The number of carboxylic acids is 1. The third-order valence-corrected chi connectivity index (χ3v) is 2.96. The molecular formula is C15H23N3O3. The number of aliphatic carboxylic acids is 1. The van der Waals surface area contributed by atoms with E-state index in [1.54, 1.807) is 18.3 Å². The van der Waals surface area contributed by atoms with Crippen molar-refractivity contribution in [2.45, 2.75) is 45.2 Å². The van der Waals surface area contributed by atoms with Crippen LogP contribution in [0.5, 0.6) is 0 Å². The van der Waals surface area contributed by atoms with E-state index in [0.717, 1.165) is 12.8 Å². The Hall–Kier alpha value is -1.95. The fourth-order valence-corrected chi connectivity index (χ4v) is 1.95. The van der Waals surface area contributed by atoms with Crippen LogP contribution in [0.15, 0.2) is 24.5 Å². The van der Waals surface area contributed by atoms with Crippen LogP contribution in [0.25, 0.3) is 0 Å². The van der Waals surface area contributed by atoms with Crippen LogP contribution in [0.1, 0.15) is 43.5 Å². The largest absolute Gasteiger partial charge is 0.480 e. The maximum absolute atomic E-state index is 11.7. The van der Waals surface area contributed by atoms with Crippen LogP contribution in [0.2, 0.25) is 0 Å². The van der Waals surface area contributed by atoms with E-state index in [-0.39, 0.29) is 11.9 Å². The summed E-state index contributed by atoms with van der Waals surface area (Å²) in [5, 5.41) is 14.9. The normalized spacial score (nSPS) is 12.1. The molecular weight excluding hydrogens is 270 g/mol. The molecule has 1 aromatic heterocycles.